The van der Waals surface area contributed by atoms with Crippen LogP contribution in [0.15, 0.2) is 39.5 Å². The van der Waals surface area contributed by atoms with E-state index in [9.17, 15) is 10.1 Å². The molecule has 0 N–H and O–H groups in total. The highest BCUT2D eigenvalue weighted by Crippen LogP contribution is 2.40. The lowest BCUT2D eigenvalue weighted by Crippen LogP contribution is -2.13. The van der Waals surface area contributed by atoms with Crippen molar-refractivity contribution >= 4 is 28.6 Å². The zero-order chi connectivity index (χ0) is 17.3. The van der Waals surface area contributed by atoms with E-state index in [0.717, 1.165) is 22.5 Å². The molecule has 2 heterocycles. The quantitative estimate of drug-likeness (QED) is 0.472. The molecule has 0 bridgehead atoms. The van der Waals surface area contributed by atoms with Crippen molar-refractivity contribution in [2.75, 3.05) is 0 Å². The molecule has 1 aliphatic heterocycles. The van der Waals surface area contributed by atoms with Crippen molar-refractivity contribution in [2.24, 2.45) is 4.99 Å². The van der Waals surface area contributed by atoms with E-state index in [1.165, 1.54) is 6.07 Å². The van der Waals surface area contributed by atoms with Gasteiger partial charge < -0.3 is 4.52 Å². The Hall–Kier alpha value is -2.54. The predicted molar refractivity (Wildman–Crippen MR) is 90.0 cm³/mol. The highest BCUT2D eigenvalue weighted by molar-refractivity contribution is 6.16. The molecule has 7 nitrogen and oxygen atoms in total. The van der Waals surface area contributed by atoms with Crippen molar-refractivity contribution < 1.29 is 9.45 Å². The zero-order valence-corrected chi connectivity index (χ0v) is 13.9. The fourth-order valence-electron chi connectivity index (χ4n) is 2.90. The first kappa shape index (κ1) is 16.3. The van der Waals surface area contributed by atoms with Gasteiger partial charge in [0, 0.05) is 35.0 Å². The molecule has 124 valence electrons. The first-order valence-corrected chi connectivity index (χ1v) is 7.91. The zero-order valence-electron chi connectivity index (χ0n) is 13.2. The molecule has 1 aliphatic rings. The number of aliphatic imine (C=N–C) groups is 1. The van der Waals surface area contributed by atoms with E-state index in [1.54, 1.807) is 12.1 Å². The number of non-ortho nitro benzene ring substituents is 1. The summed E-state index contributed by atoms with van der Waals surface area (Å²) in [7, 11) is 0. The minimum Gasteiger partial charge on any atom is -0.334 e. The van der Waals surface area contributed by atoms with Crippen molar-refractivity contribution in [1.82, 2.24) is 10.1 Å². The molecule has 0 radical (unpaired) electrons. The maximum Gasteiger partial charge on any atom is 0.269 e. The Kier molecular flexibility index (Phi) is 4.44. The summed E-state index contributed by atoms with van der Waals surface area (Å²) in [6, 6.07) is 6.60. The highest BCUT2D eigenvalue weighted by Gasteiger charge is 2.29. The Morgan fingerprint density at radius 1 is 1.42 bits per heavy atom. The molecule has 3 rings (SSSR count). The van der Waals surface area contributed by atoms with E-state index in [-0.39, 0.29) is 17.5 Å². The fourth-order valence-corrected chi connectivity index (χ4v) is 3.01. The van der Waals surface area contributed by atoms with Crippen LogP contribution in [-0.4, -0.2) is 20.8 Å². The number of hydrogen-bond donors (Lipinski definition) is 0. The van der Waals surface area contributed by atoms with E-state index < -0.39 is 4.92 Å². The van der Waals surface area contributed by atoms with Gasteiger partial charge in [0.05, 0.1) is 10.8 Å². The van der Waals surface area contributed by atoms with Gasteiger partial charge in [-0.15, -0.1) is 11.6 Å². The number of nitrogens with zero attached hydrogens (tertiary/aromatic N) is 4. The summed E-state index contributed by atoms with van der Waals surface area (Å²) in [6.07, 6.45) is 0.631. The summed E-state index contributed by atoms with van der Waals surface area (Å²) in [4.78, 5) is 19.5. The van der Waals surface area contributed by atoms with Crippen LogP contribution in [0.1, 0.15) is 43.5 Å². The summed E-state index contributed by atoms with van der Waals surface area (Å²) in [5.74, 6) is 0.775. The topological polar surface area (TPSA) is 94.4 Å². The normalized spacial score (nSPS) is 17.8. The van der Waals surface area contributed by atoms with Gasteiger partial charge >= 0.3 is 0 Å². The number of rotatable bonds is 4. The third-order valence-electron chi connectivity index (χ3n) is 3.90. The maximum absolute atomic E-state index is 11.1. The molecule has 1 atom stereocenters. The highest BCUT2D eigenvalue weighted by atomic mass is 35.5. The van der Waals surface area contributed by atoms with Crippen molar-refractivity contribution in [3.8, 4) is 0 Å². The number of alkyl halides is 1. The summed E-state index contributed by atoms with van der Waals surface area (Å²) in [5.41, 5.74) is 3.37. The van der Waals surface area contributed by atoms with Crippen LogP contribution in [0, 0.1) is 10.1 Å². The Balaban J connectivity index is 2.10. The van der Waals surface area contributed by atoms with Crippen molar-refractivity contribution in [3.05, 3.63) is 57.4 Å². The minimum absolute atomic E-state index is 0.0524. The van der Waals surface area contributed by atoms with E-state index in [2.05, 4.69) is 15.1 Å². The SMILES string of the molecule is CC1=NC(C)=C(c2nc(CCl)no2)C(c2cccc([N+](=O)[O-])c2)C1. The van der Waals surface area contributed by atoms with Gasteiger partial charge in [-0.1, -0.05) is 17.3 Å². The van der Waals surface area contributed by atoms with Gasteiger partial charge in [0.25, 0.3) is 11.6 Å². The van der Waals surface area contributed by atoms with Crippen LogP contribution in [-0.2, 0) is 5.88 Å². The van der Waals surface area contributed by atoms with Crippen LogP contribution in [0.2, 0.25) is 0 Å². The maximum atomic E-state index is 11.1. The molecule has 0 aliphatic carbocycles. The summed E-state index contributed by atoms with van der Waals surface area (Å²) in [5, 5.41) is 14.9. The average Bonchev–Trinajstić information content (AvgIpc) is 3.02. The van der Waals surface area contributed by atoms with Crippen molar-refractivity contribution in [3.63, 3.8) is 0 Å². The van der Waals surface area contributed by atoms with E-state index in [4.69, 9.17) is 16.1 Å². The molecule has 2 aromatic rings. The van der Waals surface area contributed by atoms with E-state index in [1.807, 2.05) is 19.9 Å². The van der Waals surface area contributed by atoms with E-state index >= 15 is 0 Å². The lowest BCUT2D eigenvalue weighted by atomic mass is 9.83. The first-order valence-electron chi connectivity index (χ1n) is 7.37. The second-order valence-electron chi connectivity index (χ2n) is 5.60. The van der Waals surface area contributed by atoms with Crippen LogP contribution in [0.4, 0.5) is 5.69 Å². The Morgan fingerprint density at radius 3 is 2.88 bits per heavy atom. The third kappa shape index (κ3) is 3.07. The van der Waals surface area contributed by atoms with Crippen LogP contribution in [0.5, 0.6) is 0 Å². The Labute approximate surface area is 143 Å². The van der Waals surface area contributed by atoms with Crippen LogP contribution >= 0.6 is 11.6 Å². The Bertz CT molecular complexity index is 857. The molecular formula is C16H15ClN4O3. The average molecular weight is 347 g/mol. The summed E-state index contributed by atoms with van der Waals surface area (Å²) in [6.45, 7) is 3.80. The lowest BCUT2D eigenvalue weighted by molar-refractivity contribution is -0.384. The van der Waals surface area contributed by atoms with E-state index in [0.29, 0.717) is 18.1 Å². The molecule has 0 amide bonds. The largest absolute Gasteiger partial charge is 0.334 e. The molecule has 0 saturated carbocycles. The lowest BCUT2D eigenvalue weighted by Gasteiger charge is -2.23. The first-order chi connectivity index (χ1) is 11.5. The molecule has 0 spiro atoms. The molecule has 1 aromatic carbocycles. The van der Waals surface area contributed by atoms with Crippen molar-refractivity contribution in [2.45, 2.75) is 32.1 Å². The van der Waals surface area contributed by atoms with Gasteiger partial charge in [-0.3, -0.25) is 15.1 Å². The van der Waals surface area contributed by atoms with Gasteiger partial charge in [0.15, 0.2) is 5.82 Å². The number of nitro groups is 1. The van der Waals surface area contributed by atoms with Crippen LogP contribution in [0.25, 0.3) is 5.57 Å². The Morgan fingerprint density at radius 2 is 2.21 bits per heavy atom. The van der Waals surface area contributed by atoms with Gasteiger partial charge in [-0.2, -0.15) is 4.98 Å². The fraction of sp³-hybridized carbons (Fsp3) is 0.312. The molecule has 0 saturated heterocycles. The number of halogens is 1. The van der Waals surface area contributed by atoms with Crippen molar-refractivity contribution in [1.29, 1.82) is 0 Å². The number of hydrogen-bond acceptors (Lipinski definition) is 6. The second kappa shape index (κ2) is 6.52. The number of aromatic nitrogens is 2. The molecule has 8 heteroatoms. The van der Waals surface area contributed by atoms with Gasteiger partial charge in [-0.05, 0) is 25.8 Å². The standard InChI is InChI=1S/C16H15ClN4O3/c1-9-6-13(11-4-3-5-12(7-11)21(22)23)15(10(2)18-9)16-19-14(8-17)20-24-16/h3-5,7,13H,6,8H2,1-2H3. The number of allylic oxidation sites excluding steroid dienone is 2. The number of nitro benzene ring substituents is 1. The van der Waals surface area contributed by atoms with Gasteiger partial charge in [-0.25, -0.2) is 0 Å². The molecule has 0 fully saturated rings. The van der Waals surface area contributed by atoms with Crippen LogP contribution < -0.4 is 0 Å². The molecule has 1 unspecified atom stereocenters. The summed E-state index contributed by atoms with van der Waals surface area (Å²) < 4.78 is 5.32. The van der Waals surface area contributed by atoms with Gasteiger partial charge in [0.1, 0.15) is 0 Å². The molecule has 1 aromatic heterocycles. The number of benzene rings is 1. The second-order valence-corrected chi connectivity index (χ2v) is 5.87. The molecule has 24 heavy (non-hydrogen) atoms. The summed E-state index contributed by atoms with van der Waals surface area (Å²) >= 11 is 5.74. The smallest absolute Gasteiger partial charge is 0.269 e. The predicted octanol–water partition coefficient (Wildman–Crippen LogP) is 4.10. The van der Waals surface area contributed by atoms with Gasteiger partial charge in [0.2, 0.25) is 0 Å². The minimum atomic E-state index is -0.401. The molecular weight excluding hydrogens is 332 g/mol. The third-order valence-corrected chi connectivity index (χ3v) is 4.14. The monoisotopic (exact) mass is 346 g/mol. The van der Waals surface area contributed by atoms with Crippen LogP contribution in [0.3, 0.4) is 0 Å².